The van der Waals surface area contributed by atoms with Crippen LogP contribution in [-0.2, 0) is 4.79 Å². The molecule has 0 radical (unpaired) electrons. The minimum atomic E-state index is -0.0125. The highest BCUT2D eigenvalue weighted by atomic mass is 16.5. The Labute approximate surface area is 108 Å². The van der Waals surface area contributed by atoms with Crippen molar-refractivity contribution in [2.75, 3.05) is 6.61 Å². The van der Waals surface area contributed by atoms with E-state index in [0.717, 1.165) is 23.2 Å². The summed E-state index contributed by atoms with van der Waals surface area (Å²) in [7, 11) is 0. The minimum Gasteiger partial charge on any atom is -0.488 e. The average molecular weight is 240 g/mol. The van der Waals surface area contributed by atoms with Gasteiger partial charge in [0.25, 0.3) is 0 Å². The molecule has 0 unspecified atom stereocenters. The first-order valence-electron chi connectivity index (χ1n) is 5.94. The number of hydrogen-bond acceptors (Lipinski definition) is 2. The van der Waals surface area contributed by atoms with Crippen LogP contribution in [-0.4, -0.2) is 12.9 Å². The molecule has 0 aliphatic carbocycles. The van der Waals surface area contributed by atoms with E-state index in [2.05, 4.69) is 32.6 Å². The molecular formula is C16H16O2. The maximum absolute atomic E-state index is 10.7. The lowest BCUT2D eigenvalue weighted by atomic mass is 9.97. The highest BCUT2D eigenvalue weighted by Gasteiger charge is 2.11. The van der Waals surface area contributed by atoms with E-state index >= 15 is 0 Å². The Hall–Kier alpha value is -2.01. The molecule has 0 atom stereocenters. The first-order chi connectivity index (χ1) is 8.48. The molecule has 1 aliphatic rings. The topological polar surface area (TPSA) is 26.3 Å². The second-order valence-corrected chi connectivity index (χ2v) is 5.38. The van der Waals surface area contributed by atoms with Crippen molar-refractivity contribution in [1.29, 1.82) is 0 Å². The van der Waals surface area contributed by atoms with Gasteiger partial charge in [0.15, 0.2) is 0 Å². The first-order valence-corrected chi connectivity index (χ1v) is 5.94. The molecule has 1 aliphatic heterocycles. The van der Waals surface area contributed by atoms with Crippen LogP contribution in [0.1, 0.15) is 31.9 Å². The van der Waals surface area contributed by atoms with E-state index in [9.17, 15) is 4.79 Å². The summed E-state index contributed by atoms with van der Waals surface area (Å²) in [6.45, 7) is 6.57. The molecule has 1 heterocycles. The van der Waals surface area contributed by atoms with Gasteiger partial charge < -0.3 is 4.74 Å². The van der Waals surface area contributed by atoms with E-state index < -0.39 is 0 Å². The number of benzene rings is 1. The van der Waals surface area contributed by atoms with Crippen LogP contribution in [0.3, 0.4) is 0 Å². The van der Waals surface area contributed by atoms with Gasteiger partial charge in [0.05, 0.1) is 0 Å². The molecular weight excluding hydrogens is 224 g/mol. The molecule has 0 amide bonds. The van der Waals surface area contributed by atoms with Crippen molar-refractivity contribution in [2.45, 2.75) is 20.8 Å². The third kappa shape index (κ3) is 3.01. The third-order valence-electron chi connectivity index (χ3n) is 2.48. The maximum atomic E-state index is 10.7. The minimum absolute atomic E-state index is 0.0125. The van der Waals surface area contributed by atoms with Gasteiger partial charge in [-0.3, -0.25) is 4.79 Å². The zero-order valence-corrected chi connectivity index (χ0v) is 10.9. The summed E-state index contributed by atoms with van der Waals surface area (Å²) in [4.78, 5) is 10.7. The second kappa shape index (κ2) is 4.70. The molecule has 0 aromatic heterocycles. The molecule has 2 rings (SSSR count). The Kier molecular flexibility index (Phi) is 3.25. The van der Waals surface area contributed by atoms with Gasteiger partial charge in [-0.25, -0.2) is 0 Å². The van der Waals surface area contributed by atoms with Crippen LogP contribution in [0.15, 0.2) is 23.8 Å². The number of carbonyl (C=O) groups excluding carboxylic acids is 1. The van der Waals surface area contributed by atoms with Gasteiger partial charge in [0.2, 0.25) is 0 Å². The Morgan fingerprint density at radius 1 is 1.33 bits per heavy atom. The highest BCUT2D eigenvalue weighted by molar-refractivity contribution is 5.84. The molecule has 0 fully saturated rings. The van der Waals surface area contributed by atoms with E-state index in [0.29, 0.717) is 12.2 Å². The van der Waals surface area contributed by atoms with Gasteiger partial charge >= 0.3 is 0 Å². The number of aldehydes is 1. The molecule has 0 saturated heterocycles. The van der Waals surface area contributed by atoms with Gasteiger partial charge in [-0.15, -0.1) is 0 Å². The summed E-state index contributed by atoms with van der Waals surface area (Å²) < 4.78 is 5.53. The molecule has 92 valence electrons. The lowest BCUT2D eigenvalue weighted by Gasteiger charge is -2.15. The van der Waals surface area contributed by atoms with Crippen molar-refractivity contribution in [2.24, 2.45) is 5.41 Å². The van der Waals surface area contributed by atoms with Crippen molar-refractivity contribution in [3.05, 3.63) is 34.9 Å². The van der Waals surface area contributed by atoms with Crippen molar-refractivity contribution in [1.82, 2.24) is 0 Å². The average Bonchev–Trinajstić information content (AvgIpc) is 2.34. The summed E-state index contributed by atoms with van der Waals surface area (Å²) >= 11 is 0. The smallest absolute Gasteiger partial charge is 0.149 e. The van der Waals surface area contributed by atoms with Gasteiger partial charge in [-0.1, -0.05) is 17.9 Å². The molecule has 18 heavy (non-hydrogen) atoms. The van der Waals surface area contributed by atoms with Crippen LogP contribution in [0.25, 0.3) is 6.08 Å². The fourth-order valence-corrected chi connectivity index (χ4v) is 1.59. The van der Waals surface area contributed by atoms with Gasteiger partial charge in [0, 0.05) is 22.1 Å². The molecule has 0 bridgehead atoms. The molecule has 1 aromatic carbocycles. The molecule has 2 heteroatoms. The lowest BCUT2D eigenvalue weighted by Crippen LogP contribution is -2.08. The summed E-state index contributed by atoms with van der Waals surface area (Å²) in [5, 5.41) is 0. The molecule has 0 spiro atoms. The van der Waals surface area contributed by atoms with Crippen molar-refractivity contribution < 1.29 is 9.53 Å². The summed E-state index contributed by atoms with van der Waals surface area (Å²) in [6, 6.07) is 5.81. The Bertz CT molecular complexity index is 563. The highest BCUT2D eigenvalue weighted by Crippen LogP contribution is 2.26. The van der Waals surface area contributed by atoms with Crippen LogP contribution in [0.4, 0.5) is 0 Å². The summed E-state index contributed by atoms with van der Waals surface area (Å²) in [5.74, 6) is 7.12. The predicted molar refractivity (Wildman–Crippen MR) is 72.3 cm³/mol. The molecule has 1 aromatic rings. The van der Waals surface area contributed by atoms with Crippen molar-refractivity contribution >= 4 is 12.4 Å². The Morgan fingerprint density at radius 2 is 2.11 bits per heavy atom. The molecule has 2 nitrogen and oxygen atoms in total. The van der Waals surface area contributed by atoms with Crippen molar-refractivity contribution in [3.63, 3.8) is 0 Å². The fourth-order valence-electron chi connectivity index (χ4n) is 1.59. The maximum Gasteiger partial charge on any atom is 0.149 e. The van der Waals surface area contributed by atoms with E-state index in [1.54, 1.807) is 0 Å². The number of hydrogen-bond donors (Lipinski definition) is 0. The van der Waals surface area contributed by atoms with Gasteiger partial charge in [0.1, 0.15) is 18.6 Å². The van der Waals surface area contributed by atoms with Crippen molar-refractivity contribution in [3.8, 4) is 17.6 Å². The summed E-state index contributed by atoms with van der Waals surface area (Å²) in [5.41, 5.74) is 2.52. The fraction of sp³-hybridized carbons (Fsp3) is 0.312. The van der Waals surface area contributed by atoms with Crippen LogP contribution >= 0.6 is 0 Å². The van der Waals surface area contributed by atoms with Gasteiger partial charge in [-0.05, 0) is 39.0 Å². The zero-order chi connectivity index (χ0) is 13.2. The lowest BCUT2D eigenvalue weighted by molar-refractivity contribution is -0.105. The van der Waals surface area contributed by atoms with E-state index in [1.165, 1.54) is 0 Å². The van der Waals surface area contributed by atoms with E-state index in [1.807, 2.05) is 24.3 Å². The second-order valence-electron chi connectivity index (χ2n) is 5.38. The number of fused-ring (bicyclic) bond motifs is 1. The van der Waals surface area contributed by atoms with E-state index in [4.69, 9.17) is 4.74 Å². The van der Waals surface area contributed by atoms with Gasteiger partial charge in [-0.2, -0.15) is 0 Å². The standard InChI is InChI=1S/C16H16O2/c1-16(2,3)7-6-12-4-5-14-8-13(10-17)11-18-15(14)9-12/h4-5,8-10H,11H2,1-3H3. The number of rotatable bonds is 1. The monoisotopic (exact) mass is 240 g/mol. The zero-order valence-electron chi connectivity index (χ0n) is 10.9. The molecule has 0 saturated carbocycles. The van der Waals surface area contributed by atoms with Crippen LogP contribution in [0, 0.1) is 17.3 Å². The first kappa shape index (κ1) is 12.4. The number of ether oxygens (including phenoxy) is 1. The number of carbonyl (C=O) groups is 1. The SMILES string of the molecule is CC(C)(C)C#Cc1ccc2c(c1)OCC(C=O)=C2. The normalized spacial score (nSPS) is 13.6. The largest absolute Gasteiger partial charge is 0.488 e. The van der Waals surface area contributed by atoms with Crippen LogP contribution in [0.2, 0.25) is 0 Å². The Balaban J connectivity index is 2.32. The predicted octanol–water partition coefficient (Wildman–Crippen LogP) is 3.06. The van der Waals surface area contributed by atoms with Crippen LogP contribution in [0.5, 0.6) is 5.75 Å². The van der Waals surface area contributed by atoms with Crippen LogP contribution < -0.4 is 4.74 Å². The summed E-state index contributed by atoms with van der Waals surface area (Å²) in [6.07, 6.45) is 2.68. The molecule has 0 N–H and O–H groups in total. The van der Waals surface area contributed by atoms with E-state index in [-0.39, 0.29) is 5.41 Å². The quantitative estimate of drug-likeness (QED) is 0.557. The third-order valence-corrected chi connectivity index (χ3v) is 2.48. The Morgan fingerprint density at radius 3 is 2.78 bits per heavy atom.